The quantitative estimate of drug-likeness (QED) is 0.794. The van der Waals surface area contributed by atoms with Gasteiger partial charge in [0.2, 0.25) is 0 Å². The van der Waals surface area contributed by atoms with Crippen molar-refractivity contribution in [3.63, 3.8) is 0 Å². The third kappa shape index (κ3) is 1.17. The van der Waals surface area contributed by atoms with Crippen LogP contribution in [0.15, 0.2) is 21.2 Å². The molecular weight excluding hydrogens is 291 g/mol. The molecule has 0 unspecified atom stereocenters. The van der Waals surface area contributed by atoms with Crippen molar-refractivity contribution < 1.29 is 4.39 Å². The molecule has 62 valence electrons. The van der Waals surface area contributed by atoms with Crippen molar-refractivity contribution in [1.82, 2.24) is 10.2 Å². The van der Waals surface area contributed by atoms with E-state index in [-0.39, 0.29) is 5.82 Å². The summed E-state index contributed by atoms with van der Waals surface area (Å²) in [4.78, 5) is 0. The molecule has 2 rings (SSSR count). The SMILES string of the molecule is Fc1cc(Br)cc2n[nH]c(Br)c12. The van der Waals surface area contributed by atoms with Crippen LogP contribution in [0.5, 0.6) is 0 Å². The van der Waals surface area contributed by atoms with Crippen LogP contribution in [0.2, 0.25) is 0 Å². The molecule has 0 aliphatic carbocycles. The number of halogens is 3. The molecule has 0 amide bonds. The van der Waals surface area contributed by atoms with Crippen LogP contribution in [0.3, 0.4) is 0 Å². The number of aromatic nitrogens is 2. The van der Waals surface area contributed by atoms with E-state index in [0.29, 0.717) is 20.0 Å². The van der Waals surface area contributed by atoms with Crippen LogP contribution in [0.25, 0.3) is 10.9 Å². The summed E-state index contributed by atoms with van der Waals surface area (Å²) >= 11 is 6.35. The Kier molecular flexibility index (Phi) is 1.92. The summed E-state index contributed by atoms with van der Waals surface area (Å²) in [5.74, 6) is -0.292. The van der Waals surface area contributed by atoms with Gasteiger partial charge in [-0.15, -0.1) is 0 Å². The molecule has 2 aromatic rings. The lowest BCUT2D eigenvalue weighted by molar-refractivity contribution is 0.638. The van der Waals surface area contributed by atoms with Gasteiger partial charge in [-0.1, -0.05) is 15.9 Å². The van der Waals surface area contributed by atoms with Crippen LogP contribution >= 0.6 is 31.9 Å². The van der Waals surface area contributed by atoms with Crippen molar-refractivity contribution >= 4 is 42.8 Å². The van der Waals surface area contributed by atoms with Crippen molar-refractivity contribution in [3.8, 4) is 0 Å². The van der Waals surface area contributed by atoms with E-state index >= 15 is 0 Å². The summed E-state index contributed by atoms with van der Waals surface area (Å²) in [6, 6.07) is 3.16. The predicted octanol–water partition coefficient (Wildman–Crippen LogP) is 3.23. The monoisotopic (exact) mass is 292 g/mol. The molecule has 0 atom stereocenters. The lowest BCUT2D eigenvalue weighted by atomic mass is 10.2. The number of hydrogen-bond donors (Lipinski definition) is 1. The first kappa shape index (κ1) is 8.19. The second-order valence-electron chi connectivity index (χ2n) is 2.32. The van der Waals surface area contributed by atoms with E-state index < -0.39 is 0 Å². The molecule has 0 aliphatic rings. The summed E-state index contributed by atoms with van der Waals surface area (Å²) in [7, 11) is 0. The van der Waals surface area contributed by atoms with Gasteiger partial charge in [-0.3, -0.25) is 5.10 Å². The van der Waals surface area contributed by atoms with E-state index in [4.69, 9.17) is 0 Å². The smallest absolute Gasteiger partial charge is 0.136 e. The number of rotatable bonds is 0. The van der Waals surface area contributed by atoms with Crippen LogP contribution < -0.4 is 0 Å². The van der Waals surface area contributed by atoms with Crippen molar-refractivity contribution in [2.45, 2.75) is 0 Å². The topological polar surface area (TPSA) is 28.7 Å². The highest BCUT2D eigenvalue weighted by atomic mass is 79.9. The fourth-order valence-electron chi connectivity index (χ4n) is 1.03. The molecule has 0 fully saturated rings. The molecule has 1 N–H and O–H groups in total. The first-order chi connectivity index (χ1) is 5.68. The van der Waals surface area contributed by atoms with Gasteiger partial charge in [-0.05, 0) is 28.1 Å². The summed E-state index contributed by atoms with van der Waals surface area (Å²) in [5.41, 5.74) is 0.605. The average Bonchev–Trinajstić information content (AvgIpc) is 2.31. The number of fused-ring (bicyclic) bond motifs is 1. The van der Waals surface area contributed by atoms with Crippen LogP contribution in [0, 0.1) is 5.82 Å². The molecule has 0 spiro atoms. The second kappa shape index (κ2) is 2.81. The highest BCUT2D eigenvalue weighted by molar-refractivity contribution is 9.10. The maximum Gasteiger partial charge on any atom is 0.136 e. The van der Waals surface area contributed by atoms with Gasteiger partial charge in [-0.25, -0.2) is 4.39 Å². The standard InChI is InChI=1S/C7H3Br2FN2/c8-3-1-4(10)6-5(2-3)11-12-7(6)9/h1-2H,(H,11,12). The third-order valence-electron chi connectivity index (χ3n) is 1.53. The average molecular weight is 294 g/mol. The molecule has 0 saturated carbocycles. The number of nitrogens with one attached hydrogen (secondary N) is 1. The Labute approximate surface area is 84.4 Å². The number of benzene rings is 1. The Bertz CT molecular complexity index is 438. The van der Waals surface area contributed by atoms with Gasteiger partial charge < -0.3 is 0 Å². The normalized spacial score (nSPS) is 10.9. The van der Waals surface area contributed by atoms with Crippen LogP contribution in [0.1, 0.15) is 0 Å². The molecule has 2 nitrogen and oxygen atoms in total. The minimum absolute atomic E-state index is 0.292. The molecule has 0 saturated heterocycles. The Balaban J connectivity index is 2.93. The Morgan fingerprint density at radius 3 is 2.83 bits per heavy atom. The zero-order valence-electron chi connectivity index (χ0n) is 5.74. The zero-order valence-corrected chi connectivity index (χ0v) is 8.91. The van der Waals surface area contributed by atoms with Gasteiger partial charge in [0.05, 0.1) is 10.9 Å². The Morgan fingerprint density at radius 2 is 2.08 bits per heavy atom. The van der Waals surface area contributed by atoms with E-state index in [9.17, 15) is 4.39 Å². The fourth-order valence-corrected chi connectivity index (χ4v) is 1.93. The number of aromatic amines is 1. The van der Waals surface area contributed by atoms with Crippen molar-refractivity contribution in [2.24, 2.45) is 0 Å². The van der Waals surface area contributed by atoms with Gasteiger partial charge in [0.15, 0.2) is 0 Å². The zero-order chi connectivity index (χ0) is 8.72. The highest BCUT2D eigenvalue weighted by Crippen LogP contribution is 2.26. The predicted molar refractivity (Wildman–Crippen MR) is 51.5 cm³/mol. The van der Waals surface area contributed by atoms with Gasteiger partial charge in [0.25, 0.3) is 0 Å². The van der Waals surface area contributed by atoms with Crippen LogP contribution in [0.4, 0.5) is 4.39 Å². The van der Waals surface area contributed by atoms with E-state index in [2.05, 4.69) is 42.1 Å². The van der Waals surface area contributed by atoms with E-state index in [1.807, 2.05) is 0 Å². The molecule has 1 aromatic carbocycles. The number of hydrogen-bond acceptors (Lipinski definition) is 1. The maximum absolute atomic E-state index is 13.2. The molecule has 1 aromatic heterocycles. The van der Waals surface area contributed by atoms with Crippen molar-refractivity contribution in [1.29, 1.82) is 0 Å². The summed E-state index contributed by atoms with van der Waals surface area (Å²) in [5, 5.41) is 7.03. The molecular formula is C7H3Br2FN2. The van der Waals surface area contributed by atoms with Gasteiger partial charge in [0, 0.05) is 4.47 Å². The first-order valence-electron chi connectivity index (χ1n) is 3.17. The molecule has 0 bridgehead atoms. The Morgan fingerprint density at radius 1 is 1.33 bits per heavy atom. The summed E-state index contributed by atoms with van der Waals surface area (Å²) in [6.07, 6.45) is 0. The lowest BCUT2D eigenvalue weighted by Gasteiger charge is -1.92. The fraction of sp³-hybridized carbons (Fsp3) is 0. The van der Waals surface area contributed by atoms with Crippen LogP contribution in [-0.4, -0.2) is 10.2 Å². The first-order valence-corrected chi connectivity index (χ1v) is 4.75. The Hall–Kier alpha value is -0.420. The minimum atomic E-state index is -0.292. The number of nitrogens with zero attached hydrogens (tertiary/aromatic N) is 1. The summed E-state index contributed by atoms with van der Waals surface area (Å²) < 4.78 is 14.5. The number of H-pyrrole nitrogens is 1. The minimum Gasteiger partial charge on any atom is -0.270 e. The van der Waals surface area contributed by atoms with E-state index in [1.165, 1.54) is 6.07 Å². The third-order valence-corrected chi connectivity index (χ3v) is 2.56. The van der Waals surface area contributed by atoms with Crippen LogP contribution in [-0.2, 0) is 0 Å². The molecule has 0 radical (unpaired) electrons. The van der Waals surface area contributed by atoms with Gasteiger partial charge >= 0.3 is 0 Å². The largest absolute Gasteiger partial charge is 0.270 e. The molecule has 12 heavy (non-hydrogen) atoms. The molecule has 0 aliphatic heterocycles. The van der Waals surface area contributed by atoms with Crippen molar-refractivity contribution in [2.75, 3.05) is 0 Å². The van der Waals surface area contributed by atoms with Gasteiger partial charge in [-0.2, -0.15) is 5.10 Å². The van der Waals surface area contributed by atoms with Gasteiger partial charge in [0.1, 0.15) is 10.4 Å². The molecule has 1 heterocycles. The summed E-state index contributed by atoms with van der Waals surface area (Å²) in [6.45, 7) is 0. The molecule has 5 heteroatoms. The van der Waals surface area contributed by atoms with E-state index in [1.54, 1.807) is 6.07 Å². The maximum atomic E-state index is 13.2. The lowest BCUT2D eigenvalue weighted by Crippen LogP contribution is -1.76. The second-order valence-corrected chi connectivity index (χ2v) is 4.03. The van der Waals surface area contributed by atoms with E-state index in [0.717, 1.165) is 0 Å². The van der Waals surface area contributed by atoms with Crippen molar-refractivity contribution in [3.05, 3.63) is 27.0 Å². The highest BCUT2D eigenvalue weighted by Gasteiger charge is 2.08.